The molecule has 0 aromatic carbocycles. The largest absolute Gasteiger partial charge is 0.481 e. The van der Waals surface area contributed by atoms with Gasteiger partial charge in [0, 0.05) is 11.8 Å². The number of nitrogens with one attached hydrogen (secondary N) is 1. The lowest BCUT2D eigenvalue weighted by atomic mass is 9.95. The van der Waals surface area contributed by atoms with Crippen molar-refractivity contribution >= 4 is 23.6 Å². The van der Waals surface area contributed by atoms with Crippen molar-refractivity contribution in [3.63, 3.8) is 0 Å². The number of carbonyl (C=O) groups excluding carboxylic acids is 1. The van der Waals surface area contributed by atoms with Crippen molar-refractivity contribution in [3.05, 3.63) is 0 Å². The maximum atomic E-state index is 12.0. The minimum Gasteiger partial charge on any atom is -0.481 e. The van der Waals surface area contributed by atoms with Crippen LogP contribution in [-0.2, 0) is 9.59 Å². The van der Waals surface area contributed by atoms with Gasteiger partial charge in [-0.15, -0.1) is 0 Å². The van der Waals surface area contributed by atoms with Crippen LogP contribution in [0.3, 0.4) is 0 Å². The molecule has 4 nitrogen and oxygen atoms in total. The molecule has 0 aromatic rings. The van der Waals surface area contributed by atoms with Gasteiger partial charge in [-0.1, -0.05) is 13.3 Å². The van der Waals surface area contributed by atoms with Crippen LogP contribution in [0.25, 0.3) is 0 Å². The highest BCUT2D eigenvalue weighted by molar-refractivity contribution is 7.98. The number of hydrogen-bond acceptors (Lipinski definition) is 3. The first-order valence-corrected chi connectivity index (χ1v) is 7.51. The average molecular weight is 259 g/mol. The van der Waals surface area contributed by atoms with Gasteiger partial charge in [0.2, 0.25) is 5.91 Å². The van der Waals surface area contributed by atoms with Crippen LogP contribution >= 0.6 is 11.8 Å². The maximum Gasteiger partial charge on any atom is 0.307 e. The van der Waals surface area contributed by atoms with Gasteiger partial charge in [-0.25, -0.2) is 0 Å². The van der Waals surface area contributed by atoms with E-state index in [0.29, 0.717) is 12.8 Å². The van der Waals surface area contributed by atoms with E-state index in [1.165, 1.54) is 0 Å². The molecule has 17 heavy (non-hydrogen) atoms. The Bertz CT molecular complexity index is 283. The monoisotopic (exact) mass is 259 g/mol. The normalized spacial score (nSPS) is 25.5. The maximum absolute atomic E-state index is 12.0. The Balaban J connectivity index is 2.54. The van der Waals surface area contributed by atoms with Crippen LogP contribution in [0.1, 0.15) is 32.6 Å². The first-order valence-electron chi connectivity index (χ1n) is 6.12. The number of carboxylic acid groups (broad SMARTS) is 1. The second-order valence-electron chi connectivity index (χ2n) is 4.55. The molecule has 0 radical (unpaired) electrons. The molecule has 0 saturated heterocycles. The van der Waals surface area contributed by atoms with E-state index in [1.807, 2.05) is 13.2 Å². The SMILES string of the molecule is CCC(CSC)NC(=O)C1CCCC1C(=O)O. The first kappa shape index (κ1) is 14.4. The van der Waals surface area contributed by atoms with Gasteiger partial charge < -0.3 is 10.4 Å². The van der Waals surface area contributed by atoms with Crippen LogP contribution in [-0.4, -0.2) is 35.0 Å². The van der Waals surface area contributed by atoms with Crippen LogP contribution < -0.4 is 5.32 Å². The molecule has 0 bridgehead atoms. The van der Waals surface area contributed by atoms with Gasteiger partial charge in [0.05, 0.1) is 11.8 Å². The van der Waals surface area contributed by atoms with Gasteiger partial charge in [0.25, 0.3) is 0 Å². The molecule has 1 saturated carbocycles. The van der Waals surface area contributed by atoms with Gasteiger partial charge >= 0.3 is 5.97 Å². The fourth-order valence-corrected chi connectivity index (χ4v) is 3.06. The minimum absolute atomic E-state index is 0.0733. The molecule has 1 aliphatic rings. The van der Waals surface area contributed by atoms with Gasteiger partial charge in [-0.3, -0.25) is 9.59 Å². The van der Waals surface area contributed by atoms with E-state index in [0.717, 1.165) is 18.6 Å². The van der Waals surface area contributed by atoms with Crippen molar-refractivity contribution in [3.8, 4) is 0 Å². The molecular weight excluding hydrogens is 238 g/mol. The quantitative estimate of drug-likeness (QED) is 0.762. The summed E-state index contributed by atoms with van der Waals surface area (Å²) in [5.74, 6) is -0.839. The third-order valence-electron chi connectivity index (χ3n) is 3.38. The Morgan fingerprint density at radius 3 is 2.59 bits per heavy atom. The van der Waals surface area contributed by atoms with Crippen LogP contribution in [0.5, 0.6) is 0 Å². The van der Waals surface area contributed by atoms with Crippen LogP contribution in [0, 0.1) is 11.8 Å². The van der Waals surface area contributed by atoms with E-state index in [-0.39, 0.29) is 17.9 Å². The number of carboxylic acids is 1. The number of thioether (sulfide) groups is 1. The summed E-state index contributed by atoms with van der Waals surface area (Å²) >= 11 is 1.69. The number of rotatable bonds is 6. The fourth-order valence-electron chi connectivity index (χ4n) is 2.34. The predicted octanol–water partition coefficient (Wildman–Crippen LogP) is 1.75. The number of amides is 1. The van der Waals surface area contributed by atoms with Crippen LogP contribution in [0.4, 0.5) is 0 Å². The molecule has 5 heteroatoms. The summed E-state index contributed by atoms with van der Waals surface area (Å²) in [6.45, 7) is 2.03. The van der Waals surface area contributed by atoms with E-state index >= 15 is 0 Å². The molecule has 0 heterocycles. The summed E-state index contributed by atoms with van der Waals surface area (Å²) in [5, 5.41) is 12.0. The lowest BCUT2D eigenvalue weighted by Crippen LogP contribution is -2.42. The van der Waals surface area contributed by atoms with Gasteiger partial charge in [0.15, 0.2) is 0 Å². The summed E-state index contributed by atoms with van der Waals surface area (Å²) in [4.78, 5) is 23.0. The molecule has 1 aliphatic carbocycles. The van der Waals surface area contributed by atoms with Crippen LogP contribution in [0.15, 0.2) is 0 Å². The first-order chi connectivity index (χ1) is 8.10. The fraction of sp³-hybridized carbons (Fsp3) is 0.833. The van der Waals surface area contributed by atoms with Crippen molar-refractivity contribution in [1.82, 2.24) is 5.32 Å². The summed E-state index contributed by atoms with van der Waals surface area (Å²) in [7, 11) is 0. The second kappa shape index (κ2) is 6.89. The molecule has 1 rings (SSSR count). The molecule has 0 aliphatic heterocycles. The summed E-state index contributed by atoms with van der Waals surface area (Å²) in [6.07, 6.45) is 5.07. The highest BCUT2D eigenvalue weighted by Crippen LogP contribution is 2.32. The molecule has 1 fully saturated rings. The highest BCUT2D eigenvalue weighted by atomic mass is 32.2. The third kappa shape index (κ3) is 3.91. The van der Waals surface area contributed by atoms with Crippen molar-refractivity contribution in [2.45, 2.75) is 38.6 Å². The minimum atomic E-state index is -0.833. The molecular formula is C12H21NO3S. The molecule has 3 unspecified atom stereocenters. The van der Waals surface area contributed by atoms with Crippen molar-refractivity contribution in [2.24, 2.45) is 11.8 Å². The van der Waals surface area contributed by atoms with Gasteiger partial charge in [0.1, 0.15) is 0 Å². The third-order valence-corrected chi connectivity index (χ3v) is 4.11. The number of aliphatic carboxylic acids is 1. The standard InChI is InChI=1S/C12H21NO3S/c1-3-8(7-17-2)13-11(14)9-5-4-6-10(9)12(15)16/h8-10H,3-7H2,1-2H3,(H,13,14)(H,15,16). The zero-order valence-electron chi connectivity index (χ0n) is 10.4. The number of hydrogen-bond donors (Lipinski definition) is 2. The Kier molecular flexibility index (Phi) is 5.82. The smallest absolute Gasteiger partial charge is 0.307 e. The predicted molar refractivity (Wildman–Crippen MR) is 69.1 cm³/mol. The molecule has 3 atom stereocenters. The van der Waals surface area contributed by atoms with Crippen molar-refractivity contribution in [2.75, 3.05) is 12.0 Å². The van der Waals surface area contributed by atoms with Gasteiger partial charge in [-0.2, -0.15) is 11.8 Å². The Hall–Kier alpha value is -0.710. The zero-order valence-corrected chi connectivity index (χ0v) is 11.3. The molecule has 1 amide bonds. The molecule has 0 spiro atoms. The average Bonchev–Trinajstić information content (AvgIpc) is 2.77. The summed E-state index contributed by atoms with van der Waals surface area (Å²) in [6, 6.07) is 0.160. The van der Waals surface area contributed by atoms with E-state index in [9.17, 15) is 9.59 Å². The zero-order chi connectivity index (χ0) is 12.8. The Morgan fingerprint density at radius 2 is 2.06 bits per heavy atom. The second-order valence-corrected chi connectivity index (χ2v) is 5.46. The van der Waals surface area contributed by atoms with Crippen molar-refractivity contribution < 1.29 is 14.7 Å². The Labute approximate surface area is 107 Å². The summed E-state index contributed by atoms with van der Waals surface area (Å²) < 4.78 is 0. The molecule has 98 valence electrons. The van der Waals surface area contributed by atoms with E-state index in [4.69, 9.17) is 5.11 Å². The van der Waals surface area contributed by atoms with E-state index in [1.54, 1.807) is 11.8 Å². The van der Waals surface area contributed by atoms with Gasteiger partial charge in [-0.05, 0) is 25.5 Å². The van der Waals surface area contributed by atoms with E-state index in [2.05, 4.69) is 5.32 Å². The van der Waals surface area contributed by atoms with E-state index < -0.39 is 11.9 Å². The topological polar surface area (TPSA) is 66.4 Å². The Morgan fingerprint density at radius 1 is 1.41 bits per heavy atom. The molecule has 0 aromatic heterocycles. The van der Waals surface area contributed by atoms with Crippen LogP contribution in [0.2, 0.25) is 0 Å². The highest BCUT2D eigenvalue weighted by Gasteiger charge is 2.38. The lowest BCUT2D eigenvalue weighted by molar-refractivity contribution is -0.146. The number of carbonyl (C=O) groups is 2. The molecule has 2 N–H and O–H groups in total. The van der Waals surface area contributed by atoms with Crippen molar-refractivity contribution in [1.29, 1.82) is 0 Å². The summed E-state index contributed by atoms with van der Waals surface area (Å²) in [5.41, 5.74) is 0. The lowest BCUT2D eigenvalue weighted by Gasteiger charge is -2.20.